The van der Waals surface area contributed by atoms with E-state index in [1.54, 1.807) is 0 Å². The highest BCUT2D eigenvalue weighted by Crippen LogP contribution is 2.29. The number of ether oxygens (including phenoxy) is 1. The standard InChI is InChI=1S/C20H20F3NO5S/c21-20(22,23)15-7-5-14(6-8-15)13-29-16-9-11-24(12-10-16)30(27,28)18-4-2-1-3-17(18)19(25)26/h1-8,16H,9-13H2,(H,25,26). The van der Waals surface area contributed by atoms with Crippen LogP contribution in [0.15, 0.2) is 53.4 Å². The number of carboxylic acids is 1. The molecule has 0 atom stereocenters. The lowest BCUT2D eigenvalue weighted by Gasteiger charge is -2.31. The molecule has 0 bridgehead atoms. The Labute approximate surface area is 171 Å². The van der Waals surface area contributed by atoms with Gasteiger partial charge in [0.25, 0.3) is 0 Å². The van der Waals surface area contributed by atoms with Crippen LogP contribution in [0.5, 0.6) is 0 Å². The highest BCUT2D eigenvalue weighted by Gasteiger charge is 2.33. The van der Waals surface area contributed by atoms with Crippen LogP contribution in [0, 0.1) is 0 Å². The number of hydrogen-bond donors (Lipinski definition) is 1. The molecule has 6 nitrogen and oxygen atoms in total. The highest BCUT2D eigenvalue weighted by molar-refractivity contribution is 7.89. The van der Waals surface area contributed by atoms with E-state index in [2.05, 4.69) is 0 Å². The average Bonchev–Trinajstić information content (AvgIpc) is 2.72. The van der Waals surface area contributed by atoms with E-state index < -0.39 is 27.7 Å². The van der Waals surface area contributed by atoms with E-state index in [-0.39, 0.29) is 36.3 Å². The van der Waals surface area contributed by atoms with Gasteiger partial charge in [-0.15, -0.1) is 0 Å². The Hall–Kier alpha value is -2.43. The minimum atomic E-state index is -4.39. The quantitative estimate of drug-likeness (QED) is 0.735. The van der Waals surface area contributed by atoms with Gasteiger partial charge < -0.3 is 9.84 Å². The van der Waals surface area contributed by atoms with Crippen molar-refractivity contribution in [1.82, 2.24) is 4.31 Å². The fourth-order valence-corrected chi connectivity index (χ4v) is 4.90. The molecule has 2 aromatic rings. The van der Waals surface area contributed by atoms with E-state index in [1.165, 1.54) is 40.7 Å². The molecule has 0 spiro atoms. The summed E-state index contributed by atoms with van der Waals surface area (Å²) in [6, 6.07) is 10.1. The van der Waals surface area contributed by atoms with Crippen molar-refractivity contribution in [1.29, 1.82) is 0 Å². The van der Waals surface area contributed by atoms with Gasteiger partial charge in [-0.3, -0.25) is 0 Å². The van der Waals surface area contributed by atoms with E-state index >= 15 is 0 Å². The van der Waals surface area contributed by atoms with Crippen LogP contribution < -0.4 is 0 Å². The number of benzene rings is 2. The molecule has 1 saturated heterocycles. The lowest BCUT2D eigenvalue weighted by molar-refractivity contribution is -0.137. The maximum atomic E-state index is 12.8. The zero-order chi connectivity index (χ0) is 21.9. The molecule has 0 saturated carbocycles. The predicted octanol–water partition coefficient (Wildman–Crippen LogP) is 3.77. The number of alkyl halides is 3. The SMILES string of the molecule is O=C(O)c1ccccc1S(=O)(=O)N1CCC(OCc2ccc(C(F)(F)F)cc2)CC1. The Bertz CT molecular complexity index is 998. The molecule has 0 radical (unpaired) electrons. The maximum Gasteiger partial charge on any atom is 0.416 e. The zero-order valence-corrected chi connectivity index (χ0v) is 16.6. The maximum absolute atomic E-state index is 12.8. The molecule has 30 heavy (non-hydrogen) atoms. The molecular formula is C20H20F3NO5S. The van der Waals surface area contributed by atoms with Gasteiger partial charge in [0, 0.05) is 13.1 Å². The second kappa shape index (κ2) is 8.75. The molecule has 0 unspecified atom stereocenters. The molecule has 3 rings (SSSR count). The lowest BCUT2D eigenvalue weighted by atomic mass is 10.1. The van der Waals surface area contributed by atoms with Gasteiger partial charge in [0.05, 0.1) is 28.7 Å². The number of hydrogen-bond acceptors (Lipinski definition) is 4. The van der Waals surface area contributed by atoms with Gasteiger partial charge >= 0.3 is 12.1 Å². The van der Waals surface area contributed by atoms with Gasteiger partial charge in [0.2, 0.25) is 10.0 Å². The first kappa shape index (κ1) is 22.3. The predicted molar refractivity (Wildman–Crippen MR) is 101 cm³/mol. The molecule has 1 fully saturated rings. The number of carboxylic acid groups (broad SMARTS) is 1. The number of aromatic carboxylic acids is 1. The van der Waals surface area contributed by atoms with Gasteiger partial charge in [-0.25, -0.2) is 13.2 Å². The fourth-order valence-electron chi connectivity index (χ4n) is 3.25. The summed E-state index contributed by atoms with van der Waals surface area (Å²) in [4.78, 5) is 11.1. The third kappa shape index (κ3) is 5.00. The Morgan fingerprint density at radius 3 is 2.23 bits per heavy atom. The molecule has 0 aliphatic carbocycles. The second-order valence-electron chi connectivity index (χ2n) is 6.91. The molecule has 1 N–H and O–H groups in total. The Morgan fingerprint density at radius 1 is 1.07 bits per heavy atom. The average molecular weight is 443 g/mol. The van der Waals surface area contributed by atoms with Crippen LogP contribution in [-0.4, -0.2) is 43.0 Å². The first-order valence-corrected chi connectivity index (χ1v) is 10.6. The van der Waals surface area contributed by atoms with Crippen LogP contribution in [-0.2, 0) is 27.5 Å². The Morgan fingerprint density at radius 2 is 1.67 bits per heavy atom. The van der Waals surface area contributed by atoms with E-state index in [4.69, 9.17) is 4.74 Å². The molecule has 1 aliphatic rings. The molecule has 2 aromatic carbocycles. The van der Waals surface area contributed by atoms with Crippen molar-refractivity contribution in [3.05, 3.63) is 65.2 Å². The van der Waals surface area contributed by atoms with Crippen molar-refractivity contribution in [3.8, 4) is 0 Å². The minimum absolute atomic E-state index is 0.122. The van der Waals surface area contributed by atoms with Crippen molar-refractivity contribution in [2.75, 3.05) is 13.1 Å². The summed E-state index contributed by atoms with van der Waals surface area (Å²) in [7, 11) is -3.96. The van der Waals surface area contributed by atoms with Crippen LogP contribution in [0.2, 0.25) is 0 Å². The Kier molecular flexibility index (Phi) is 6.49. The number of sulfonamides is 1. The van der Waals surface area contributed by atoms with E-state index in [0.717, 1.165) is 12.1 Å². The van der Waals surface area contributed by atoms with Gasteiger partial charge in [-0.05, 0) is 42.7 Å². The number of halogens is 3. The summed E-state index contributed by atoms with van der Waals surface area (Å²) in [5.74, 6) is -1.32. The van der Waals surface area contributed by atoms with E-state index in [0.29, 0.717) is 18.4 Å². The van der Waals surface area contributed by atoms with Crippen LogP contribution in [0.1, 0.15) is 34.3 Å². The smallest absolute Gasteiger partial charge is 0.416 e. The molecule has 10 heteroatoms. The molecule has 1 aliphatic heterocycles. The summed E-state index contributed by atoms with van der Waals surface area (Å²) >= 11 is 0. The zero-order valence-electron chi connectivity index (χ0n) is 15.8. The summed E-state index contributed by atoms with van der Waals surface area (Å²) in [6.45, 7) is 0.444. The third-order valence-corrected chi connectivity index (χ3v) is 6.86. The Balaban J connectivity index is 1.58. The monoisotopic (exact) mass is 443 g/mol. The minimum Gasteiger partial charge on any atom is -0.478 e. The summed E-state index contributed by atoms with van der Waals surface area (Å²) < 4.78 is 70.4. The second-order valence-corrected chi connectivity index (χ2v) is 8.82. The van der Waals surface area contributed by atoms with E-state index in [1.807, 2.05) is 0 Å². The number of nitrogens with zero attached hydrogens (tertiary/aromatic N) is 1. The topological polar surface area (TPSA) is 83.9 Å². The number of carbonyl (C=O) groups is 1. The summed E-state index contributed by atoms with van der Waals surface area (Å²) in [5, 5.41) is 9.24. The van der Waals surface area contributed by atoms with Crippen molar-refractivity contribution in [2.24, 2.45) is 0 Å². The van der Waals surface area contributed by atoms with Gasteiger partial charge in [0.15, 0.2) is 0 Å². The molecule has 0 aromatic heterocycles. The van der Waals surface area contributed by atoms with Crippen LogP contribution >= 0.6 is 0 Å². The van der Waals surface area contributed by atoms with Crippen molar-refractivity contribution in [3.63, 3.8) is 0 Å². The van der Waals surface area contributed by atoms with Crippen molar-refractivity contribution < 1.29 is 36.2 Å². The number of rotatable bonds is 6. The van der Waals surface area contributed by atoms with Gasteiger partial charge in [0.1, 0.15) is 0 Å². The first-order chi connectivity index (χ1) is 14.1. The fraction of sp³-hybridized carbons (Fsp3) is 0.350. The first-order valence-electron chi connectivity index (χ1n) is 9.19. The molecule has 162 valence electrons. The normalized spacial score (nSPS) is 16.5. The van der Waals surface area contributed by atoms with Crippen LogP contribution in [0.3, 0.4) is 0 Å². The molecule has 0 amide bonds. The summed E-state index contributed by atoms with van der Waals surface area (Å²) in [6.07, 6.45) is -3.84. The van der Waals surface area contributed by atoms with Crippen LogP contribution in [0.4, 0.5) is 13.2 Å². The molecular weight excluding hydrogens is 423 g/mol. The van der Waals surface area contributed by atoms with Crippen molar-refractivity contribution >= 4 is 16.0 Å². The molecule has 1 heterocycles. The van der Waals surface area contributed by atoms with Gasteiger partial charge in [-0.2, -0.15) is 17.5 Å². The third-order valence-electron chi connectivity index (χ3n) is 4.90. The van der Waals surface area contributed by atoms with Crippen LogP contribution in [0.25, 0.3) is 0 Å². The van der Waals surface area contributed by atoms with E-state index in [9.17, 15) is 31.5 Å². The highest BCUT2D eigenvalue weighted by atomic mass is 32.2. The van der Waals surface area contributed by atoms with Crippen molar-refractivity contribution in [2.45, 2.75) is 36.6 Å². The number of piperidine rings is 1. The lowest BCUT2D eigenvalue weighted by Crippen LogP contribution is -2.41. The van der Waals surface area contributed by atoms with Gasteiger partial charge in [-0.1, -0.05) is 24.3 Å². The summed E-state index contributed by atoms with van der Waals surface area (Å²) in [5.41, 5.74) is -0.418. The largest absolute Gasteiger partial charge is 0.478 e.